The lowest BCUT2D eigenvalue weighted by molar-refractivity contribution is 0.00999. The molecule has 2 bridgehead atoms. The van der Waals surface area contributed by atoms with Gasteiger partial charge >= 0.3 is 0 Å². The fourth-order valence-corrected chi connectivity index (χ4v) is 12.8. The molecule has 25 heteroatoms. The maximum atomic E-state index is 11.4. The molecule has 3 aliphatic heterocycles. The van der Waals surface area contributed by atoms with Gasteiger partial charge in [0.05, 0.1) is 85.2 Å². The largest absolute Gasteiger partial charge is 0.496 e. The van der Waals surface area contributed by atoms with Gasteiger partial charge in [0.25, 0.3) is 10.4 Å². The smallest absolute Gasteiger partial charge is 0.294 e. The number of rotatable bonds is 17. The highest BCUT2D eigenvalue weighted by Crippen LogP contribution is 2.42. The van der Waals surface area contributed by atoms with E-state index in [0.29, 0.717) is 126 Å². The number of imidazole rings is 2. The highest BCUT2D eigenvalue weighted by Gasteiger charge is 2.35. The zero-order chi connectivity index (χ0) is 50.2. The van der Waals surface area contributed by atoms with E-state index >= 15 is 0 Å². The molecule has 3 unspecified atom stereocenters. The average Bonchev–Trinajstić information content (AvgIpc) is 4.25. The van der Waals surface area contributed by atoms with Gasteiger partial charge in [-0.05, 0) is 61.5 Å². The minimum atomic E-state index is -1.19. The molecule has 0 saturated carbocycles. The van der Waals surface area contributed by atoms with E-state index in [1.807, 2.05) is 36.5 Å². The Labute approximate surface area is 437 Å². The number of hydrogen-bond donors (Lipinski definition) is 1. The molecule has 0 spiro atoms. The molecule has 3 aliphatic rings. The molecule has 3 atom stereocenters. The Balaban J connectivity index is 0.661. The number of aromatic nitrogens is 8. The number of ether oxygens (including phenoxy) is 8. The molecular formula is C49H48N10O11S4. The number of aliphatic hydroxyl groups is 1. The summed E-state index contributed by atoms with van der Waals surface area (Å²) in [5, 5.41) is 26.7. The van der Waals surface area contributed by atoms with Gasteiger partial charge in [-0.15, -0.1) is 21.5 Å². The molecule has 3 saturated heterocycles. The van der Waals surface area contributed by atoms with Crippen molar-refractivity contribution in [1.82, 2.24) is 39.2 Å². The van der Waals surface area contributed by atoms with Crippen molar-refractivity contribution in [1.29, 1.82) is 0 Å². The van der Waals surface area contributed by atoms with Gasteiger partial charge in [0.1, 0.15) is 71.5 Å². The number of methoxy groups -OCH3 is 3. The summed E-state index contributed by atoms with van der Waals surface area (Å²) in [4.78, 5) is 25.9. The van der Waals surface area contributed by atoms with Crippen molar-refractivity contribution in [2.45, 2.75) is 63.8 Å². The summed E-state index contributed by atoms with van der Waals surface area (Å²) < 4.78 is 63.6. The first-order valence-corrected chi connectivity index (χ1v) is 27.1. The van der Waals surface area contributed by atoms with E-state index in [9.17, 15) is 5.11 Å². The van der Waals surface area contributed by atoms with Crippen molar-refractivity contribution in [3.8, 4) is 56.3 Å². The Morgan fingerprint density at radius 2 is 1.32 bits per heavy atom. The van der Waals surface area contributed by atoms with Crippen molar-refractivity contribution in [3.05, 3.63) is 70.4 Å². The predicted molar refractivity (Wildman–Crippen MR) is 277 cm³/mol. The van der Waals surface area contributed by atoms with Crippen LogP contribution in [0.1, 0.15) is 43.0 Å². The molecule has 8 aromatic heterocycles. The molecule has 0 aliphatic carbocycles. The van der Waals surface area contributed by atoms with Crippen LogP contribution in [0.3, 0.4) is 0 Å². The fourth-order valence-electron chi connectivity index (χ4n) is 9.42. The van der Waals surface area contributed by atoms with E-state index in [1.165, 1.54) is 34.0 Å². The molecule has 11 heterocycles. The lowest BCUT2D eigenvalue weighted by Gasteiger charge is -2.32. The predicted octanol–water partition coefficient (Wildman–Crippen LogP) is 8.70. The Hall–Kier alpha value is -6.74. The van der Waals surface area contributed by atoms with E-state index in [1.54, 1.807) is 67.8 Å². The van der Waals surface area contributed by atoms with Crippen LogP contribution in [0.25, 0.3) is 54.8 Å². The SMILES string of the molecule is COc1cc(OCc2nc(N3CCOC(COc4nn5cc(-c6cc7c(OCc8csc(N9CC%10CCC(C9)O%10)n8)cc(OC)cc7o6)nc5s4)C3)sc2C(C)(C)O)c2cc(-c3cn4nc(OC)sc4n3)oc2c1. The number of thiazole rings is 2. The van der Waals surface area contributed by atoms with Gasteiger partial charge in [0.15, 0.2) is 21.8 Å². The number of anilines is 2. The van der Waals surface area contributed by atoms with Crippen molar-refractivity contribution >= 4 is 87.5 Å². The first-order chi connectivity index (χ1) is 36.0. The standard InChI is InChI=1S/C49H48N10O11S4/c1-49(2,60)42-35(23-66-37-11-29(62-4)13-39-32(37)15-41(70-39)33-19-58-45(51-33)73-47(54-58)63-5)53-44(72-42)56-8-9-64-30(18-56)22-67-48-55-59-20-34(52-46(59)74-48)40-14-31-36(10-28(61-3)12-38(31)69-40)65-21-25-24-71-43(50-25)57-16-26-6-7-27(17-57)68-26/h10-15,19-20,24,26-27,30,60H,6-9,16-18,21-23H2,1-5H3. The van der Waals surface area contributed by atoms with Crippen LogP contribution in [0.4, 0.5) is 10.3 Å². The number of furan rings is 2. The summed E-state index contributed by atoms with van der Waals surface area (Å²) in [5.41, 5.74) is 2.69. The molecular weight excluding hydrogens is 1030 g/mol. The molecule has 1 N–H and O–H groups in total. The second-order valence-electron chi connectivity index (χ2n) is 18.6. The van der Waals surface area contributed by atoms with Crippen LogP contribution in [-0.2, 0) is 28.3 Å². The summed E-state index contributed by atoms with van der Waals surface area (Å²) in [5.74, 6) is 3.43. The minimum Gasteiger partial charge on any atom is -0.496 e. The van der Waals surface area contributed by atoms with Crippen molar-refractivity contribution in [2.75, 3.05) is 70.5 Å². The third-order valence-electron chi connectivity index (χ3n) is 13.0. The van der Waals surface area contributed by atoms with Gasteiger partial charge in [-0.25, -0.2) is 29.0 Å². The number of hydrogen-bond acceptors (Lipinski definition) is 23. The van der Waals surface area contributed by atoms with Gasteiger partial charge in [0.2, 0.25) is 9.92 Å². The number of fused-ring (bicyclic) bond motifs is 6. The van der Waals surface area contributed by atoms with Crippen LogP contribution in [0.5, 0.6) is 33.4 Å². The van der Waals surface area contributed by atoms with Crippen LogP contribution in [0.15, 0.2) is 63.0 Å². The summed E-state index contributed by atoms with van der Waals surface area (Å²) in [6.45, 7) is 7.46. The molecule has 13 rings (SSSR count). The topological polar surface area (TPSA) is 213 Å². The van der Waals surface area contributed by atoms with Crippen LogP contribution in [0.2, 0.25) is 0 Å². The summed E-state index contributed by atoms with van der Waals surface area (Å²) >= 11 is 5.72. The third-order valence-corrected chi connectivity index (χ3v) is 17.1. The van der Waals surface area contributed by atoms with Crippen molar-refractivity contribution in [2.24, 2.45) is 0 Å². The van der Waals surface area contributed by atoms with Gasteiger partial charge < -0.3 is 61.6 Å². The van der Waals surface area contributed by atoms with Crippen molar-refractivity contribution < 1.29 is 51.8 Å². The average molecular weight is 1080 g/mol. The molecule has 3 fully saturated rings. The van der Waals surface area contributed by atoms with Gasteiger partial charge in [-0.3, -0.25) is 0 Å². The zero-order valence-corrected chi connectivity index (χ0v) is 43.9. The van der Waals surface area contributed by atoms with Crippen LogP contribution < -0.4 is 38.2 Å². The quantitative estimate of drug-likeness (QED) is 0.0903. The molecule has 21 nitrogen and oxygen atoms in total. The van der Waals surface area contributed by atoms with Gasteiger partial charge in [0, 0.05) is 55.8 Å². The van der Waals surface area contributed by atoms with Crippen LogP contribution >= 0.6 is 45.3 Å². The zero-order valence-electron chi connectivity index (χ0n) is 40.6. The second-order valence-corrected chi connectivity index (χ2v) is 22.2. The number of morpholine rings is 2. The van der Waals surface area contributed by atoms with Gasteiger partial charge in [-0.2, -0.15) is 0 Å². The highest BCUT2D eigenvalue weighted by atomic mass is 32.1. The Morgan fingerprint density at radius 1 is 0.689 bits per heavy atom. The third kappa shape index (κ3) is 9.08. The maximum absolute atomic E-state index is 11.4. The van der Waals surface area contributed by atoms with E-state index in [0.717, 1.165) is 52.7 Å². The molecule has 0 radical (unpaired) electrons. The minimum absolute atomic E-state index is 0.0822. The number of nitrogens with zero attached hydrogens (tertiary/aromatic N) is 10. The second kappa shape index (κ2) is 18.9. The summed E-state index contributed by atoms with van der Waals surface area (Å²) in [6, 6.07) is 11.1. The fraction of sp³-hybridized carbons (Fsp3) is 0.388. The Bertz CT molecular complexity index is 3600. The monoisotopic (exact) mass is 1080 g/mol. The van der Waals surface area contributed by atoms with Crippen LogP contribution in [0, 0.1) is 0 Å². The van der Waals surface area contributed by atoms with E-state index in [4.69, 9.17) is 61.7 Å². The molecule has 0 amide bonds. The Morgan fingerprint density at radius 3 is 1.95 bits per heavy atom. The molecule has 2 aromatic carbocycles. The lowest BCUT2D eigenvalue weighted by atomic mass is 10.1. The van der Waals surface area contributed by atoms with E-state index < -0.39 is 5.60 Å². The molecule has 384 valence electrons. The van der Waals surface area contributed by atoms with Crippen molar-refractivity contribution in [3.63, 3.8) is 0 Å². The molecule has 74 heavy (non-hydrogen) atoms. The first kappa shape index (κ1) is 47.0. The highest BCUT2D eigenvalue weighted by molar-refractivity contribution is 7.18. The summed E-state index contributed by atoms with van der Waals surface area (Å²) in [7, 11) is 4.78. The maximum Gasteiger partial charge on any atom is 0.294 e. The lowest BCUT2D eigenvalue weighted by Crippen LogP contribution is -2.45. The summed E-state index contributed by atoms with van der Waals surface area (Å²) in [6.07, 6.45) is 6.13. The normalized spacial score (nSPS) is 18.2. The number of benzene rings is 2. The van der Waals surface area contributed by atoms with E-state index in [-0.39, 0.29) is 19.3 Å². The Kier molecular flexibility index (Phi) is 12.0. The van der Waals surface area contributed by atoms with Gasteiger partial charge in [-0.1, -0.05) is 11.3 Å². The molecule has 10 aromatic rings. The first-order valence-electron chi connectivity index (χ1n) is 23.8. The van der Waals surface area contributed by atoms with Crippen LogP contribution in [-0.4, -0.2) is 123 Å². The van der Waals surface area contributed by atoms with E-state index in [2.05, 4.69) is 30.4 Å².